The van der Waals surface area contributed by atoms with Gasteiger partial charge in [-0.3, -0.25) is 0 Å². The van der Waals surface area contributed by atoms with Crippen molar-refractivity contribution in [2.45, 2.75) is 37.7 Å². The molecule has 0 aromatic heterocycles. The van der Waals surface area contributed by atoms with Gasteiger partial charge in [0.2, 0.25) is 0 Å². The zero-order valence-corrected chi connectivity index (χ0v) is 7.24. The van der Waals surface area contributed by atoms with Crippen LogP contribution >= 0.6 is 0 Å². The van der Waals surface area contributed by atoms with Gasteiger partial charge in [0.05, 0.1) is 0 Å². The van der Waals surface area contributed by atoms with Crippen LogP contribution in [-0.4, -0.2) is 35.8 Å². The third-order valence-corrected chi connectivity index (χ3v) is 2.38. The first-order valence-corrected chi connectivity index (χ1v) is 4.55. The van der Waals surface area contributed by atoms with Gasteiger partial charge in [-0.2, -0.15) is 0 Å². The lowest BCUT2D eigenvalue weighted by Crippen LogP contribution is -2.36. The second kappa shape index (κ2) is 4.82. The van der Waals surface area contributed by atoms with E-state index in [9.17, 15) is 0 Å². The van der Waals surface area contributed by atoms with E-state index in [-0.39, 0.29) is 6.04 Å². The summed E-state index contributed by atoms with van der Waals surface area (Å²) in [5.41, 5.74) is 5.81. The van der Waals surface area contributed by atoms with Crippen LogP contribution in [0.3, 0.4) is 0 Å². The van der Waals surface area contributed by atoms with E-state index in [1.54, 1.807) is 0 Å². The van der Waals surface area contributed by atoms with Crippen LogP contribution in [0.2, 0.25) is 6.32 Å². The Balaban J connectivity index is 2.06. The lowest BCUT2D eigenvalue weighted by Gasteiger charge is -2.14. The Hall–Kier alpha value is -0.0951. The van der Waals surface area contributed by atoms with Crippen molar-refractivity contribution in [3.05, 3.63) is 0 Å². The van der Waals surface area contributed by atoms with Crippen molar-refractivity contribution in [1.29, 1.82) is 0 Å². The molecule has 1 saturated heterocycles. The molecule has 2 atom stereocenters. The molecule has 0 amide bonds. The lowest BCUT2D eigenvalue weighted by molar-refractivity contribution is 0.397. The van der Waals surface area contributed by atoms with E-state index >= 15 is 0 Å². The van der Waals surface area contributed by atoms with Crippen LogP contribution < -0.4 is 11.1 Å². The van der Waals surface area contributed by atoms with E-state index in [0.717, 1.165) is 25.8 Å². The molecule has 1 fully saturated rings. The van der Waals surface area contributed by atoms with Gasteiger partial charge in [0.25, 0.3) is 0 Å². The maximum atomic E-state index is 8.60. The van der Waals surface area contributed by atoms with Gasteiger partial charge in [-0.05, 0) is 25.7 Å². The summed E-state index contributed by atoms with van der Waals surface area (Å²) in [7, 11) is -1.16. The van der Waals surface area contributed by atoms with Gasteiger partial charge in [-0.25, -0.2) is 0 Å². The Kier molecular flexibility index (Phi) is 4.01. The number of nitrogens with two attached hydrogens (primary N) is 1. The summed E-state index contributed by atoms with van der Waals surface area (Å²) in [5.74, 6) is 0. The summed E-state index contributed by atoms with van der Waals surface area (Å²) in [6.07, 6.45) is 3.25. The molecule has 12 heavy (non-hydrogen) atoms. The Morgan fingerprint density at radius 1 is 1.50 bits per heavy atom. The third-order valence-electron chi connectivity index (χ3n) is 2.38. The molecule has 70 valence electrons. The largest absolute Gasteiger partial charge is 0.451 e. The van der Waals surface area contributed by atoms with Crippen molar-refractivity contribution in [2.75, 3.05) is 6.54 Å². The molecule has 0 aromatic rings. The van der Waals surface area contributed by atoms with E-state index in [4.69, 9.17) is 15.8 Å². The van der Waals surface area contributed by atoms with E-state index < -0.39 is 7.12 Å². The fraction of sp³-hybridized carbons (Fsp3) is 1.00. The Morgan fingerprint density at radius 3 is 2.75 bits per heavy atom. The fourth-order valence-corrected chi connectivity index (χ4v) is 1.62. The highest BCUT2D eigenvalue weighted by atomic mass is 16.4. The molecule has 1 aliphatic heterocycles. The number of rotatable bonds is 4. The molecule has 5 heteroatoms. The molecular formula is C7H17BN2O2. The van der Waals surface area contributed by atoms with Crippen molar-refractivity contribution < 1.29 is 10.0 Å². The van der Waals surface area contributed by atoms with Crippen LogP contribution in [0.4, 0.5) is 0 Å². The molecule has 0 saturated carbocycles. The SMILES string of the molecule is N[C@@H]1CCN[C@@H]1CCCB(O)O. The standard InChI is InChI=1S/C7H17BN2O2/c9-6-3-5-10-7(6)2-1-4-8(11)12/h6-7,10-12H,1-5,9H2/t6-,7-/m1/s1. The van der Waals surface area contributed by atoms with Gasteiger partial charge in [-0.1, -0.05) is 6.42 Å². The molecule has 0 spiro atoms. The summed E-state index contributed by atoms with van der Waals surface area (Å²) in [6.45, 7) is 0.994. The van der Waals surface area contributed by atoms with E-state index in [1.807, 2.05) is 0 Å². The molecule has 0 radical (unpaired) electrons. The normalized spacial score (nSPS) is 29.2. The van der Waals surface area contributed by atoms with Crippen LogP contribution in [0, 0.1) is 0 Å². The zero-order valence-electron chi connectivity index (χ0n) is 7.24. The van der Waals surface area contributed by atoms with E-state index in [1.165, 1.54) is 0 Å². The van der Waals surface area contributed by atoms with Crippen LogP contribution in [0.15, 0.2) is 0 Å². The third kappa shape index (κ3) is 3.10. The smallest absolute Gasteiger partial charge is 0.427 e. The van der Waals surface area contributed by atoms with Crippen molar-refractivity contribution in [2.24, 2.45) is 5.73 Å². The number of hydrogen-bond donors (Lipinski definition) is 4. The molecule has 0 aromatic carbocycles. The summed E-state index contributed by atoms with van der Waals surface area (Å²) >= 11 is 0. The highest BCUT2D eigenvalue weighted by Gasteiger charge is 2.22. The fourth-order valence-electron chi connectivity index (χ4n) is 1.62. The predicted octanol–water partition coefficient (Wildman–Crippen LogP) is -1.07. The lowest BCUT2D eigenvalue weighted by atomic mass is 9.83. The van der Waals surface area contributed by atoms with Gasteiger partial charge in [0, 0.05) is 12.1 Å². The van der Waals surface area contributed by atoms with Crippen molar-refractivity contribution >= 4 is 7.12 Å². The first kappa shape index (κ1) is 9.99. The molecular weight excluding hydrogens is 155 g/mol. The maximum Gasteiger partial charge on any atom is 0.451 e. The quantitative estimate of drug-likeness (QED) is 0.407. The second-order valence-electron chi connectivity index (χ2n) is 3.42. The minimum absolute atomic E-state index is 0.251. The predicted molar refractivity (Wildman–Crippen MR) is 48.6 cm³/mol. The minimum Gasteiger partial charge on any atom is -0.427 e. The van der Waals surface area contributed by atoms with Crippen LogP contribution in [0.5, 0.6) is 0 Å². The van der Waals surface area contributed by atoms with Crippen molar-refractivity contribution in [3.63, 3.8) is 0 Å². The van der Waals surface area contributed by atoms with E-state index in [0.29, 0.717) is 12.4 Å². The van der Waals surface area contributed by atoms with Crippen LogP contribution in [-0.2, 0) is 0 Å². The summed E-state index contributed by atoms with van der Waals surface area (Å²) in [4.78, 5) is 0. The highest BCUT2D eigenvalue weighted by Crippen LogP contribution is 2.11. The monoisotopic (exact) mass is 172 g/mol. The first-order valence-electron chi connectivity index (χ1n) is 4.55. The van der Waals surface area contributed by atoms with Gasteiger partial charge < -0.3 is 21.1 Å². The molecule has 0 unspecified atom stereocenters. The average Bonchev–Trinajstić information content (AvgIpc) is 2.36. The van der Waals surface area contributed by atoms with Crippen molar-refractivity contribution in [3.8, 4) is 0 Å². The molecule has 0 bridgehead atoms. The number of hydrogen-bond acceptors (Lipinski definition) is 4. The first-order chi connectivity index (χ1) is 5.70. The summed E-state index contributed by atoms with van der Waals surface area (Å²) in [6, 6.07) is 0.629. The molecule has 5 N–H and O–H groups in total. The van der Waals surface area contributed by atoms with Crippen LogP contribution in [0.25, 0.3) is 0 Å². The van der Waals surface area contributed by atoms with Crippen LogP contribution in [0.1, 0.15) is 19.3 Å². The minimum atomic E-state index is -1.16. The second-order valence-corrected chi connectivity index (χ2v) is 3.42. The van der Waals surface area contributed by atoms with Gasteiger partial charge in [0.15, 0.2) is 0 Å². The Bertz CT molecular complexity index is 135. The maximum absolute atomic E-state index is 8.60. The van der Waals surface area contributed by atoms with Gasteiger partial charge in [0.1, 0.15) is 0 Å². The molecule has 1 aliphatic rings. The molecule has 1 rings (SSSR count). The van der Waals surface area contributed by atoms with Gasteiger partial charge in [-0.15, -0.1) is 0 Å². The molecule has 1 heterocycles. The number of nitrogens with one attached hydrogen (secondary N) is 1. The zero-order chi connectivity index (χ0) is 8.97. The van der Waals surface area contributed by atoms with Crippen molar-refractivity contribution in [1.82, 2.24) is 5.32 Å². The Labute approximate surface area is 73.3 Å². The molecule has 0 aliphatic carbocycles. The van der Waals surface area contributed by atoms with Gasteiger partial charge >= 0.3 is 7.12 Å². The average molecular weight is 172 g/mol. The molecule has 4 nitrogen and oxygen atoms in total. The summed E-state index contributed by atoms with van der Waals surface area (Å²) < 4.78 is 0. The highest BCUT2D eigenvalue weighted by molar-refractivity contribution is 6.40. The summed E-state index contributed by atoms with van der Waals surface area (Å²) in [5, 5.41) is 20.5. The topological polar surface area (TPSA) is 78.5 Å². The Morgan fingerprint density at radius 2 is 2.25 bits per heavy atom. The van der Waals surface area contributed by atoms with E-state index in [2.05, 4.69) is 5.32 Å².